The average Bonchev–Trinajstić information content (AvgIpc) is 2.27. The standard InChI is InChI=1S/C6HBr5.3H3O4P/c7-2-1-3(8)5(10)6(11)4(2)9;3*1-5(2,3)4/h1H;3*(H3,1,2,3,4). The monoisotopic (exact) mass is 762 g/mol. The van der Waals surface area contributed by atoms with E-state index < -0.39 is 23.5 Å². The lowest BCUT2D eigenvalue weighted by molar-refractivity contribution is 0.272. The minimum Gasteiger partial charge on any atom is -0.303 e. The summed E-state index contributed by atoms with van der Waals surface area (Å²) in [6.45, 7) is 0. The molecule has 0 aromatic heterocycles. The Hall–Kier alpha value is 1.95. The van der Waals surface area contributed by atoms with Gasteiger partial charge < -0.3 is 44.0 Å². The Labute approximate surface area is 188 Å². The lowest BCUT2D eigenvalue weighted by atomic mass is 10.4. The summed E-state index contributed by atoms with van der Waals surface area (Å²) in [5, 5.41) is 0. The van der Waals surface area contributed by atoms with Crippen LogP contribution in [0.1, 0.15) is 0 Å². The molecular weight excluding hydrogens is 756 g/mol. The Balaban J connectivity index is -0.000000300. The maximum atomic E-state index is 8.88. The van der Waals surface area contributed by atoms with E-state index in [1.165, 1.54) is 0 Å². The summed E-state index contributed by atoms with van der Waals surface area (Å²) in [4.78, 5) is 64.7. The van der Waals surface area contributed by atoms with E-state index in [0.717, 1.165) is 22.4 Å². The van der Waals surface area contributed by atoms with Crippen molar-refractivity contribution in [3.8, 4) is 0 Å². The van der Waals surface area contributed by atoms with Crippen LogP contribution in [0.2, 0.25) is 0 Å². The highest BCUT2D eigenvalue weighted by Gasteiger charge is 2.09. The molecule has 0 aliphatic heterocycles. The van der Waals surface area contributed by atoms with Gasteiger partial charge in [-0.3, -0.25) is 0 Å². The first-order chi connectivity index (χ1) is 11.0. The van der Waals surface area contributed by atoms with Gasteiger partial charge in [-0.05, 0) is 85.7 Å². The van der Waals surface area contributed by atoms with Gasteiger partial charge in [0.1, 0.15) is 0 Å². The fraction of sp³-hybridized carbons (Fsp3) is 0. The van der Waals surface area contributed by atoms with Crippen molar-refractivity contribution in [2.45, 2.75) is 0 Å². The summed E-state index contributed by atoms with van der Waals surface area (Å²) in [7, 11) is -13.9. The van der Waals surface area contributed by atoms with E-state index >= 15 is 0 Å². The third-order valence-corrected chi connectivity index (χ3v) is 6.88. The average molecular weight is 767 g/mol. The summed E-state index contributed by atoms with van der Waals surface area (Å²) < 4.78 is 31.7. The first kappa shape index (κ1) is 32.6. The van der Waals surface area contributed by atoms with E-state index in [2.05, 4.69) is 79.6 Å². The number of phosphoric acid groups is 3. The van der Waals surface area contributed by atoms with Crippen LogP contribution in [0.5, 0.6) is 0 Å². The van der Waals surface area contributed by atoms with E-state index in [-0.39, 0.29) is 0 Å². The molecule has 156 valence electrons. The van der Waals surface area contributed by atoms with Crippen molar-refractivity contribution in [1.29, 1.82) is 0 Å². The Kier molecular flexibility index (Phi) is 17.6. The normalized spacial score (nSPS) is 11.2. The van der Waals surface area contributed by atoms with Crippen LogP contribution in [-0.2, 0) is 13.7 Å². The summed E-state index contributed by atoms with van der Waals surface area (Å²) in [6.07, 6.45) is 0. The van der Waals surface area contributed by atoms with Gasteiger partial charge in [0.25, 0.3) is 0 Å². The minimum atomic E-state index is -4.64. The third kappa shape index (κ3) is 33.5. The molecule has 0 radical (unpaired) electrons. The van der Waals surface area contributed by atoms with Crippen molar-refractivity contribution in [1.82, 2.24) is 0 Å². The number of hydrogen-bond acceptors (Lipinski definition) is 3. The van der Waals surface area contributed by atoms with Crippen molar-refractivity contribution in [2.75, 3.05) is 0 Å². The molecule has 1 aromatic rings. The van der Waals surface area contributed by atoms with Gasteiger partial charge in [0.2, 0.25) is 0 Å². The second-order valence-electron chi connectivity index (χ2n) is 3.32. The van der Waals surface area contributed by atoms with Crippen molar-refractivity contribution >= 4 is 103 Å². The molecular formula is C6H10Br5O12P3. The Bertz CT molecular complexity index is 611. The van der Waals surface area contributed by atoms with Crippen molar-refractivity contribution < 1.29 is 57.7 Å². The Morgan fingerprint density at radius 2 is 0.654 bits per heavy atom. The molecule has 0 aliphatic rings. The molecule has 0 unspecified atom stereocenters. The zero-order chi connectivity index (χ0) is 22.1. The van der Waals surface area contributed by atoms with Crippen molar-refractivity contribution in [2.24, 2.45) is 0 Å². The first-order valence-electron chi connectivity index (χ1n) is 4.87. The predicted molar refractivity (Wildman–Crippen MR) is 108 cm³/mol. The highest BCUT2D eigenvalue weighted by atomic mass is 79.9. The van der Waals surface area contributed by atoms with Crippen LogP contribution in [0.15, 0.2) is 28.4 Å². The molecule has 0 amide bonds. The minimum absolute atomic E-state index is 0.999. The molecule has 26 heavy (non-hydrogen) atoms. The molecule has 1 rings (SSSR count). The zero-order valence-corrected chi connectivity index (χ0v) is 22.2. The number of hydrogen-bond donors (Lipinski definition) is 9. The van der Waals surface area contributed by atoms with Gasteiger partial charge in [0.05, 0.1) is 0 Å². The number of halogens is 5. The van der Waals surface area contributed by atoms with Crippen LogP contribution in [-0.4, -0.2) is 44.0 Å². The second-order valence-corrected chi connectivity index (χ2v) is 10.5. The smallest absolute Gasteiger partial charge is 0.303 e. The van der Waals surface area contributed by atoms with Crippen LogP contribution in [0.3, 0.4) is 0 Å². The van der Waals surface area contributed by atoms with E-state index in [1.54, 1.807) is 0 Å². The number of rotatable bonds is 0. The van der Waals surface area contributed by atoms with Crippen molar-refractivity contribution in [3.63, 3.8) is 0 Å². The molecule has 1 aromatic carbocycles. The third-order valence-electron chi connectivity index (χ3n) is 1.06. The highest BCUT2D eigenvalue weighted by Crippen LogP contribution is 2.40. The molecule has 0 aliphatic carbocycles. The van der Waals surface area contributed by atoms with E-state index in [4.69, 9.17) is 57.7 Å². The van der Waals surface area contributed by atoms with Gasteiger partial charge in [-0.15, -0.1) is 0 Å². The molecule has 0 heterocycles. The Morgan fingerprint density at radius 1 is 0.500 bits per heavy atom. The van der Waals surface area contributed by atoms with Crippen molar-refractivity contribution in [3.05, 3.63) is 28.4 Å². The van der Waals surface area contributed by atoms with Crippen LogP contribution in [0, 0.1) is 0 Å². The molecule has 0 fully saturated rings. The van der Waals surface area contributed by atoms with Gasteiger partial charge >= 0.3 is 23.5 Å². The molecule has 0 bridgehead atoms. The lowest BCUT2D eigenvalue weighted by Gasteiger charge is -2.04. The van der Waals surface area contributed by atoms with E-state index in [1.807, 2.05) is 6.07 Å². The molecule has 12 nitrogen and oxygen atoms in total. The van der Waals surface area contributed by atoms with E-state index in [0.29, 0.717) is 0 Å². The predicted octanol–water partition coefficient (Wildman–Crippen LogP) is 2.71. The molecule has 0 saturated heterocycles. The van der Waals surface area contributed by atoms with Gasteiger partial charge in [-0.1, -0.05) is 0 Å². The highest BCUT2D eigenvalue weighted by molar-refractivity contribution is 9.15. The fourth-order valence-electron chi connectivity index (χ4n) is 0.544. The topological polar surface area (TPSA) is 233 Å². The van der Waals surface area contributed by atoms with Gasteiger partial charge in [0.15, 0.2) is 0 Å². The second kappa shape index (κ2) is 14.0. The van der Waals surface area contributed by atoms with E-state index in [9.17, 15) is 0 Å². The largest absolute Gasteiger partial charge is 0.466 e. The molecule has 0 spiro atoms. The summed E-state index contributed by atoms with van der Waals surface area (Å²) in [5.74, 6) is 0. The maximum Gasteiger partial charge on any atom is 0.466 e. The fourth-order valence-corrected chi connectivity index (χ4v) is 3.56. The molecule has 0 atom stereocenters. The summed E-state index contributed by atoms with van der Waals surface area (Å²) in [6, 6.07) is 1.97. The summed E-state index contributed by atoms with van der Waals surface area (Å²) in [5.41, 5.74) is 0. The number of benzene rings is 1. The van der Waals surface area contributed by atoms with Gasteiger partial charge in [-0.25, -0.2) is 13.7 Å². The zero-order valence-electron chi connectivity index (χ0n) is 11.6. The first-order valence-corrected chi connectivity index (χ1v) is 13.5. The van der Waals surface area contributed by atoms with Crippen LogP contribution >= 0.6 is 103 Å². The Morgan fingerprint density at radius 3 is 0.808 bits per heavy atom. The lowest BCUT2D eigenvalue weighted by Crippen LogP contribution is -1.77. The molecule has 9 N–H and O–H groups in total. The van der Waals surface area contributed by atoms with Crippen LogP contribution in [0.4, 0.5) is 0 Å². The van der Waals surface area contributed by atoms with Gasteiger partial charge in [0, 0.05) is 22.4 Å². The maximum absolute atomic E-state index is 8.88. The van der Waals surface area contributed by atoms with Crippen LogP contribution < -0.4 is 0 Å². The van der Waals surface area contributed by atoms with Crippen LogP contribution in [0.25, 0.3) is 0 Å². The van der Waals surface area contributed by atoms with Gasteiger partial charge in [-0.2, -0.15) is 0 Å². The molecule has 20 heteroatoms. The SMILES string of the molecule is Brc1cc(Br)c(Br)c(Br)c1Br.O=P(O)(O)O.O=P(O)(O)O.O=P(O)(O)O. The molecule has 0 saturated carbocycles. The quantitative estimate of drug-likeness (QED) is 0.105. The summed E-state index contributed by atoms with van der Waals surface area (Å²) >= 11 is 17.1.